The smallest absolute Gasteiger partial charge is 0.0828 e. The van der Waals surface area contributed by atoms with Crippen LogP contribution in [0.2, 0.25) is 0 Å². The molecule has 0 aliphatic heterocycles. The van der Waals surface area contributed by atoms with Crippen LogP contribution in [0.5, 0.6) is 0 Å². The minimum absolute atomic E-state index is 0.143. The lowest BCUT2D eigenvalue weighted by Gasteiger charge is -2.43. The minimum Gasteiger partial charge on any atom is -0.373 e. The Morgan fingerprint density at radius 1 is 0.744 bits per heavy atom. The third-order valence-electron chi connectivity index (χ3n) is 9.40. The van der Waals surface area contributed by atoms with E-state index < -0.39 is 0 Å². The van der Waals surface area contributed by atoms with E-state index in [-0.39, 0.29) is 15.8 Å². The van der Waals surface area contributed by atoms with Crippen LogP contribution in [0, 0.1) is 23.2 Å². The summed E-state index contributed by atoms with van der Waals surface area (Å²) < 4.78 is 7.27. The molecule has 2 aromatic rings. The third-order valence-corrected chi connectivity index (χ3v) is 10.6. The van der Waals surface area contributed by atoms with E-state index in [4.69, 9.17) is 4.74 Å². The van der Waals surface area contributed by atoms with Crippen molar-refractivity contribution in [2.24, 2.45) is 23.2 Å². The molecule has 0 spiro atoms. The number of rotatable bonds is 17. The van der Waals surface area contributed by atoms with E-state index in [2.05, 4.69) is 111 Å². The van der Waals surface area contributed by atoms with Gasteiger partial charge in [0.25, 0.3) is 0 Å². The molecule has 218 valence electrons. The highest BCUT2D eigenvalue weighted by atomic mass is 79.9. The second kappa shape index (κ2) is 16.4. The predicted octanol–water partition coefficient (Wildman–Crippen LogP) is 11.7. The molecule has 0 bridgehead atoms. The first-order valence-electron chi connectivity index (χ1n) is 16.1. The molecule has 2 heteroatoms. The summed E-state index contributed by atoms with van der Waals surface area (Å²) in [6, 6.07) is 21.9. The first-order valence-corrected chi connectivity index (χ1v) is 16.9. The number of alkyl halides is 1. The van der Waals surface area contributed by atoms with Gasteiger partial charge in [-0.3, -0.25) is 0 Å². The summed E-state index contributed by atoms with van der Waals surface area (Å²) in [6.45, 7) is 12.9. The highest BCUT2D eigenvalue weighted by molar-refractivity contribution is 9.10. The maximum atomic E-state index is 7.01. The molecule has 1 fully saturated rings. The Hall–Kier alpha value is -1.12. The molecule has 2 atom stereocenters. The van der Waals surface area contributed by atoms with Gasteiger partial charge in [-0.25, -0.2) is 0 Å². The van der Waals surface area contributed by atoms with E-state index in [1.165, 1.54) is 81.8 Å². The van der Waals surface area contributed by atoms with Crippen molar-refractivity contribution < 1.29 is 4.74 Å². The Bertz CT molecular complexity index is 890. The molecule has 1 aliphatic carbocycles. The lowest BCUT2D eigenvalue weighted by molar-refractivity contribution is -0.0452. The van der Waals surface area contributed by atoms with E-state index >= 15 is 0 Å². The van der Waals surface area contributed by atoms with Crippen molar-refractivity contribution in [3.63, 3.8) is 0 Å². The quantitative estimate of drug-likeness (QED) is 0.165. The monoisotopic (exact) mass is 596 g/mol. The van der Waals surface area contributed by atoms with Crippen LogP contribution in [0.1, 0.15) is 129 Å². The van der Waals surface area contributed by atoms with Crippen molar-refractivity contribution in [1.82, 2.24) is 0 Å². The fourth-order valence-corrected chi connectivity index (χ4v) is 7.08. The van der Waals surface area contributed by atoms with Crippen molar-refractivity contribution >= 4 is 15.9 Å². The van der Waals surface area contributed by atoms with E-state index in [1.54, 1.807) is 0 Å². The summed E-state index contributed by atoms with van der Waals surface area (Å²) in [5.41, 5.74) is 2.94. The Balaban J connectivity index is 1.75. The van der Waals surface area contributed by atoms with Gasteiger partial charge in [0.2, 0.25) is 0 Å². The van der Waals surface area contributed by atoms with Crippen molar-refractivity contribution in [2.75, 3.05) is 6.61 Å². The summed E-state index contributed by atoms with van der Waals surface area (Å²) >= 11 is 4.35. The molecule has 2 unspecified atom stereocenters. The van der Waals surface area contributed by atoms with Crippen molar-refractivity contribution in [3.05, 3.63) is 71.8 Å². The number of hydrogen-bond donors (Lipinski definition) is 0. The average molecular weight is 598 g/mol. The van der Waals surface area contributed by atoms with Crippen LogP contribution >= 0.6 is 15.9 Å². The van der Waals surface area contributed by atoms with Gasteiger partial charge in [0.05, 0.1) is 12.7 Å². The molecule has 0 amide bonds. The third kappa shape index (κ3) is 11.3. The van der Waals surface area contributed by atoms with Gasteiger partial charge in [-0.05, 0) is 98.5 Å². The first kappa shape index (κ1) is 32.4. The molecular formula is C37H57BrO. The van der Waals surface area contributed by atoms with Crippen molar-refractivity contribution in [3.8, 4) is 0 Å². The number of ether oxygens (including phenoxy) is 1. The molecule has 0 heterocycles. The molecule has 1 nitrogen and oxygen atoms in total. The Morgan fingerprint density at radius 2 is 1.31 bits per heavy atom. The van der Waals surface area contributed by atoms with Crippen molar-refractivity contribution in [2.45, 2.75) is 129 Å². The molecule has 0 radical (unpaired) electrons. The highest BCUT2D eigenvalue weighted by Gasteiger charge is 2.38. The predicted molar refractivity (Wildman–Crippen MR) is 174 cm³/mol. The van der Waals surface area contributed by atoms with Gasteiger partial charge >= 0.3 is 0 Å². The summed E-state index contributed by atoms with van der Waals surface area (Å²) in [7, 11) is 0. The molecule has 0 N–H and O–H groups in total. The van der Waals surface area contributed by atoms with E-state index in [0.717, 1.165) is 37.2 Å². The van der Waals surface area contributed by atoms with E-state index in [1.807, 2.05) is 0 Å². The van der Waals surface area contributed by atoms with Crippen LogP contribution in [0.15, 0.2) is 60.7 Å². The zero-order valence-corrected chi connectivity index (χ0v) is 27.4. The summed E-state index contributed by atoms with van der Waals surface area (Å²) in [5.74, 6) is 2.28. The molecule has 3 rings (SSSR count). The van der Waals surface area contributed by atoms with Gasteiger partial charge in [0.1, 0.15) is 0 Å². The van der Waals surface area contributed by atoms with Gasteiger partial charge in [-0.15, -0.1) is 0 Å². The first-order chi connectivity index (χ1) is 18.7. The van der Waals surface area contributed by atoms with E-state index in [0.29, 0.717) is 0 Å². The Labute approximate surface area is 250 Å². The largest absolute Gasteiger partial charge is 0.373 e. The fraction of sp³-hybridized carbons (Fsp3) is 0.676. The molecule has 1 aliphatic rings. The maximum Gasteiger partial charge on any atom is 0.0828 e. The highest BCUT2D eigenvalue weighted by Crippen LogP contribution is 2.47. The number of halogens is 1. The molecule has 0 aromatic heterocycles. The van der Waals surface area contributed by atoms with Crippen LogP contribution in [0.3, 0.4) is 0 Å². The number of aryl methyl sites for hydroxylation is 1. The minimum atomic E-state index is 0.143. The van der Waals surface area contributed by atoms with Crippen LogP contribution in [-0.2, 0) is 11.2 Å². The molecule has 0 saturated heterocycles. The summed E-state index contributed by atoms with van der Waals surface area (Å²) in [6.07, 6.45) is 16.8. The summed E-state index contributed by atoms with van der Waals surface area (Å²) in [4.78, 5) is 0. The SMILES string of the molecule is CC(C)CCC(Br)(CCC(C)C)CCC(C)(COC(CCc1ccccc1)c1ccccc1)C1CCCCC1. The average Bonchev–Trinajstić information content (AvgIpc) is 2.95. The standard InChI is InChI=1S/C37H57BrO/c1-30(2)23-25-37(38,26-24-31(3)4)28-27-36(5,34-19-13-8-14-20-34)29-39-35(33-17-11-7-12-18-33)22-21-32-15-9-6-10-16-32/h6-7,9-12,15-18,30-31,34-35H,8,13-14,19-29H2,1-5H3. The zero-order chi connectivity index (χ0) is 28.1. The second-order valence-corrected chi connectivity index (χ2v) is 15.4. The molecular weight excluding hydrogens is 540 g/mol. The maximum absolute atomic E-state index is 7.01. The lowest BCUT2D eigenvalue weighted by Crippen LogP contribution is -2.37. The Kier molecular flexibility index (Phi) is 13.6. The van der Waals surface area contributed by atoms with Crippen LogP contribution in [-0.4, -0.2) is 10.9 Å². The van der Waals surface area contributed by atoms with Gasteiger partial charge in [0.15, 0.2) is 0 Å². The van der Waals surface area contributed by atoms with Gasteiger partial charge < -0.3 is 4.74 Å². The second-order valence-electron chi connectivity index (χ2n) is 13.7. The fourth-order valence-electron chi connectivity index (χ4n) is 6.42. The normalized spacial score (nSPS) is 17.4. The summed E-state index contributed by atoms with van der Waals surface area (Å²) in [5, 5.41) is 0. The lowest BCUT2D eigenvalue weighted by atomic mass is 9.67. The Morgan fingerprint density at radius 3 is 1.87 bits per heavy atom. The van der Waals surface area contributed by atoms with E-state index in [9.17, 15) is 0 Å². The van der Waals surface area contributed by atoms with Gasteiger partial charge in [-0.1, -0.05) is 130 Å². The topological polar surface area (TPSA) is 9.23 Å². The molecule has 39 heavy (non-hydrogen) atoms. The molecule has 2 aromatic carbocycles. The van der Waals surface area contributed by atoms with Crippen LogP contribution < -0.4 is 0 Å². The van der Waals surface area contributed by atoms with Crippen molar-refractivity contribution in [1.29, 1.82) is 0 Å². The van der Waals surface area contributed by atoms with Crippen LogP contribution in [0.4, 0.5) is 0 Å². The number of benzene rings is 2. The zero-order valence-electron chi connectivity index (χ0n) is 25.8. The van der Waals surface area contributed by atoms with Gasteiger partial charge in [-0.2, -0.15) is 0 Å². The van der Waals surface area contributed by atoms with Gasteiger partial charge in [0, 0.05) is 4.32 Å². The molecule has 1 saturated carbocycles. The van der Waals surface area contributed by atoms with Crippen LogP contribution in [0.25, 0.3) is 0 Å². The number of hydrogen-bond acceptors (Lipinski definition) is 1.